The van der Waals surface area contributed by atoms with Crippen molar-refractivity contribution in [1.29, 1.82) is 0 Å². The van der Waals surface area contributed by atoms with E-state index in [0.29, 0.717) is 12.6 Å². The summed E-state index contributed by atoms with van der Waals surface area (Å²) in [6, 6.07) is 10.3. The molecule has 3 rings (SSSR count). The maximum atomic E-state index is 12.1. The molecule has 0 aromatic heterocycles. The summed E-state index contributed by atoms with van der Waals surface area (Å²) < 4.78 is 0. The number of rotatable bonds is 6. The molecular formula is C20H29N3O. The standard InChI is InChI=1S/C20H29N3O/c24-20(22-19-9-5-2-6-10-19)16-23-13-11-18(12-14-23)21-15-17-7-3-1-4-8-17/h1-3,5-6,9-10,17-18,21H,4,7-8,11-16H2,(H,22,24). The van der Waals surface area contributed by atoms with Gasteiger partial charge < -0.3 is 10.6 Å². The Labute approximate surface area is 145 Å². The fourth-order valence-electron chi connectivity index (χ4n) is 3.60. The monoisotopic (exact) mass is 327 g/mol. The average Bonchev–Trinajstić information content (AvgIpc) is 2.63. The summed E-state index contributed by atoms with van der Waals surface area (Å²) in [5.74, 6) is 0.895. The van der Waals surface area contributed by atoms with Crippen LogP contribution in [0.15, 0.2) is 42.5 Å². The molecule has 1 saturated heterocycles. The van der Waals surface area contributed by atoms with E-state index in [1.165, 1.54) is 19.3 Å². The SMILES string of the molecule is O=C(CN1CCC(NCC2CC=CCC2)CC1)Nc1ccccc1. The van der Waals surface area contributed by atoms with Gasteiger partial charge in [0, 0.05) is 24.8 Å². The maximum absolute atomic E-state index is 12.1. The smallest absolute Gasteiger partial charge is 0.238 e. The normalized spacial score (nSPS) is 22.4. The Morgan fingerprint density at radius 3 is 2.58 bits per heavy atom. The number of allylic oxidation sites excluding steroid dienone is 2. The van der Waals surface area contributed by atoms with Crippen molar-refractivity contribution in [2.45, 2.75) is 38.1 Å². The van der Waals surface area contributed by atoms with Gasteiger partial charge >= 0.3 is 0 Å². The molecule has 4 nitrogen and oxygen atoms in total. The van der Waals surface area contributed by atoms with Crippen LogP contribution in [0.25, 0.3) is 0 Å². The number of nitrogens with zero attached hydrogens (tertiary/aromatic N) is 1. The number of anilines is 1. The molecule has 0 bridgehead atoms. The van der Waals surface area contributed by atoms with Crippen molar-refractivity contribution in [2.24, 2.45) is 5.92 Å². The Morgan fingerprint density at radius 2 is 1.88 bits per heavy atom. The van der Waals surface area contributed by atoms with Gasteiger partial charge in [-0.05, 0) is 56.7 Å². The van der Waals surface area contributed by atoms with Crippen LogP contribution in [-0.4, -0.2) is 43.0 Å². The van der Waals surface area contributed by atoms with E-state index in [9.17, 15) is 4.79 Å². The molecule has 0 radical (unpaired) electrons. The number of hydrogen-bond acceptors (Lipinski definition) is 3. The van der Waals surface area contributed by atoms with Crippen molar-refractivity contribution >= 4 is 11.6 Å². The number of benzene rings is 1. The number of likely N-dealkylation sites (tertiary alicyclic amines) is 1. The molecule has 1 aliphatic carbocycles. The zero-order valence-corrected chi connectivity index (χ0v) is 14.4. The molecule has 0 saturated carbocycles. The first kappa shape index (κ1) is 17.2. The molecule has 1 heterocycles. The molecule has 2 aliphatic rings. The summed E-state index contributed by atoms with van der Waals surface area (Å²) in [6.07, 6.45) is 10.7. The van der Waals surface area contributed by atoms with Gasteiger partial charge in [-0.15, -0.1) is 0 Å². The second-order valence-electron chi connectivity index (χ2n) is 7.02. The van der Waals surface area contributed by atoms with Crippen molar-refractivity contribution in [3.63, 3.8) is 0 Å². The molecule has 1 aromatic carbocycles. The van der Waals surface area contributed by atoms with Gasteiger partial charge in [0.05, 0.1) is 6.54 Å². The van der Waals surface area contributed by atoms with Crippen LogP contribution in [0.2, 0.25) is 0 Å². The van der Waals surface area contributed by atoms with Crippen molar-refractivity contribution < 1.29 is 4.79 Å². The number of amides is 1. The highest BCUT2D eigenvalue weighted by atomic mass is 16.2. The number of piperidine rings is 1. The van der Waals surface area contributed by atoms with Gasteiger partial charge in [-0.3, -0.25) is 9.69 Å². The highest BCUT2D eigenvalue weighted by molar-refractivity contribution is 5.92. The Bertz CT molecular complexity index is 535. The number of para-hydroxylation sites is 1. The minimum atomic E-state index is 0.0848. The lowest BCUT2D eigenvalue weighted by atomic mass is 9.93. The third kappa shape index (κ3) is 5.46. The van der Waals surface area contributed by atoms with Crippen molar-refractivity contribution in [3.05, 3.63) is 42.5 Å². The maximum Gasteiger partial charge on any atom is 0.238 e. The first-order valence-corrected chi connectivity index (χ1v) is 9.25. The van der Waals surface area contributed by atoms with Gasteiger partial charge in [-0.1, -0.05) is 30.4 Å². The Hall–Kier alpha value is -1.65. The Kier molecular flexibility index (Phi) is 6.44. The van der Waals surface area contributed by atoms with E-state index in [4.69, 9.17) is 0 Å². The van der Waals surface area contributed by atoms with E-state index in [-0.39, 0.29) is 5.91 Å². The van der Waals surface area contributed by atoms with Crippen molar-refractivity contribution in [2.75, 3.05) is 31.5 Å². The van der Waals surface area contributed by atoms with E-state index in [2.05, 4.69) is 27.7 Å². The van der Waals surface area contributed by atoms with Gasteiger partial charge in [0.25, 0.3) is 0 Å². The lowest BCUT2D eigenvalue weighted by Gasteiger charge is -2.33. The zero-order valence-electron chi connectivity index (χ0n) is 14.4. The molecular weight excluding hydrogens is 298 g/mol. The van der Waals surface area contributed by atoms with Crippen LogP contribution in [0.1, 0.15) is 32.1 Å². The zero-order chi connectivity index (χ0) is 16.6. The summed E-state index contributed by atoms with van der Waals surface area (Å²) in [6.45, 7) is 3.65. The summed E-state index contributed by atoms with van der Waals surface area (Å²) in [7, 11) is 0. The highest BCUT2D eigenvalue weighted by Crippen LogP contribution is 2.18. The van der Waals surface area contributed by atoms with E-state index < -0.39 is 0 Å². The van der Waals surface area contributed by atoms with E-state index in [1.807, 2.05) is 30.3 Å². The van der Waals surface area contributed by atoms with Crippen LogP contribution in [0.4, 0.5) is 5.69 Å². The molecule has 4 heteroatoms. The summed E-state index contributed by atoms with van der Waals surface area (Å²) in [5, 5.41) is 6.71. The third-order valence-corrected chi connectivity index (χ3v) is 5.09. The fraction of sp³-hybridized carbons (Fsp3) is 0.550. The molecule has 0 spiro atoms. The minimum absolute atomic E-state index is 0.0848. The lowest BCUT2D eigenvalue weighted by Crippen LogP contribution is -2.46. The summed E-state index contributed by atoms with van der Waals surface area (Å²) in [4.78, 5) is 14.4. The summed E-state index contributed by atoms with van der Waals surface area (Å²) >= 11 is 0. The van der Waals surface area contributed by atoms with E-state index in [0.717, 1.165) is 44.1 Å². The molecule has 24 heavy (non-hydrogen) atoms. The molecule has 1 aliphatic heterocycles. The third-order valence-electron chi connectivity index (χ3n) is 5.09. The van der Waals surface area contributed by atoms with Crippen LogP contribution in [0, 0.1) is 5.92 Å². The Morgan fingerprint density at radius 1 is 1.08 bits per heavy atom. The van der Waals surface area contributed by atoms with Crippen molar-refractivity contribution in [3.8, 4) is 0 Å². The molecule has 1 unspecified atom stereocenters. The number of hydrogen-bond donors (Lipinski definition) is 2. The lowest BCUT2D eigenvalue weighted by molar-refractivity contribution is -0.117. The number of carbonyl (C=O) groups excluding carboxylic acids is 1. The highest BCUT2D eigenvalue weighted by Gasteiger charge is 2.21. The average molecular weight is 327 g/mol. The predicted molar refractivity (Wildman–Crippen MR) is 99.0 cm³/mol. The largest absolute Gasteiger partial charge is 0.325 e. The quantitative estimate of drug-likeness (QED) is 0.790. The van der Waals surface area contributed by atoms with Crippen LogP contribution in [0.3, 0.4) is 0 Å². The molecule has 130 valence electrons. The van der Waals surface area contributed by atoms with Gasteiger partial charge in [0.1, 0.15) is 0 Å². The number of carbonyl (C=O) groups is 1. The van der Waals surface area contributed by atoms with Crippen LogP contribution < -0.4 is 10.6 Å². The van der Waals surface area contributed by atoms with E-state index in [1.54, 1.807) is 0 Å². The molecule has 1 fully saturated rings. The molecule has 2 N–H and O–H groups in total. The fourth-order valence-corrected chi connectivity index (χ4v) is 3.60. The molecule has 1 atom stereocenters. The van der Waals surface area contributed by atoms with Crippen LogP contribution >= 0.6 is 0 Å². The van der Waals surface area contributed by atoms with Gasteiger partial charge in [0.2, 0.25) is 5.91 Å². The van der Waals surface area contributed by atoms with Crippen molar-refractivity contribution in [1.82, 2.24) is 10.2 Å². The topological polar surface area (TPSA) is 44.4 Å². The van der Waals surface area contributed by atoms with Gasteiger partial charge in [-0.2, -0.15) is 0 Å². The Balaban J connectivity index is 1.33. The second-order valence-corrected chi connectivity index (χ2v) is 7.02. The van der Waals surface area contributed by atoms with Crippen LogP contribution in [-0.2, 0) is 4.79 Å². The first-order valence-electron chi connectivity index (χ1n) is 9.25. The van der Waals surface area contributed by atoms with E-state index >= 15 is 0 Å². The molecule has 1 amide bonds. The molecule has 1 aromatic rings. The predicted octanol–water partition coefficient (Wildman–Crippen LogP) is 3.04. The van der Waals surface area contributed by atoms with Crippen LogP contribution in [0.5, 0.6) is 0 Å². The number of nitrogens with one attached hydrogen (secondary N) is 2. The second kappa shape index (κ2) is 9.00. The minimum Gasteiger partial charge on any atom is -0.325 e. The van der Waals surface area contributed by atoms with Gasteiger partial charge in [-0.25, -0.2) is 0 Å². The first-order chi connectivity index (χ1) is 11.8. The van der Waals surface area contributed by atoms with Gasteiger partial charge in [0.15, 0.2) is 0 Å². The summed E-state index contributed by atoms with van der Waals surface area (Å²) in [5.41, 5.74) is 0.876.